The molecular formula is C21H26ClNO3. The normalized spacial score (nSPS) is 11.9. The first-order valence-corrected chi connectivity index (χ1v) is 9.18. The van der Waals surface area contributed by atoms with E-state index < -0.39 is 6.10 Å². The fourth-order valence-electron chi connectivity index (χ4n) is 2.52. The number of carbonyl (C=O) groups is 1. The summed E-state index contributed by atoms with van der Waals surface area (Å²) in [5.74, 6) is 1.16. The van der Waals surface area contributed by atoms with Crippen molar-refractivity contribution in [1.82, 2.24) is 5.32 Å². The van der Waals surface area contributed by atoms with Crippen LogP contribution in [0.2, 0.25) is 5.02 Å². The van der Waals surface area contributed by atoms with Crippen molar-refractivity contribution in [2.45, 2.75) is 39.8 Å². The van der Waals surface area contributed by atoms with Crippen molar-refractivity contribution in [3.05, 3.63) is 58.6 Å². The molecular weight excluding hydrogens is 350 g/mol. The van der Waals surface area contributed by atoms with E-state index in [0.29, 0.717) is 17.3 Å². The molecule has 0 saturated heterocycles. The molecule has 1 unspecified atom stereocenters. The third-order valence-corrected chi connectivity index (χ3v) is 4.44. The minimum Gasteiger partial charge on any atom is -0.497 e. The van der Waals surface area contributed by atoms with Gasteiger partial charge in [0.25, 0.3) is 5.91 Å². The molecule has 0 heterocycles. The summed E-state index contributed by atoms with van der Waals surface area (Å²) in [4.78, 5) is 12.6. The van der Waals surface area contributed by atoms with Gasteiger partial charge in [0.15, 0.2) is 6.10 Å². The van der Waals surface area contributed by atoms with Crippen molar-refractivity contribution in [3.8, 4) is 11.5 Å². The smallest absolute Gasteiger partial charge is 0.261 e. The maximum absolute atomic E-state index is 12.6. The van der Waals surface area contributed by atoms with Crippen LogP contribution < -0.4 is 14.8 Å². The highest BCUT2D eigenvalue weighted by Gasteiger charge is 2.25. The average Bonchev–Trinajstić information content (AvgIpc) is 2.65. The average molecular weight is 376 g/mol. The number of hydrogen-bond donors (Lipinski definition) is 1. The van der Waals surface area contributed by atoms with Crippen molar-refractivity contribution in [3.63, 3.8) is 0 Å². The van der Waals surface area contributed by atoms with E-state index in [1.807, 2.05) is 56.3 Å². The van der Waals surface area contributed by atoms with Crippen molar-refractivity contribution in [2.75, 3.05) is 7.11 Å². The van der Waals surface area contributed by atoms with Gasteiger partial charge in [-0.25, -0.2) is 0 Å². The SMILES string of the molecule is CCc1ccc(OC(C(=O)NCc2ccc(OC)cc2)C(C)C)c(Cl)c1. The van der Waals surface area contributed by atoms with Gasteiger partial charge in [-0.1, -0.05) is 50.6 Å². The molecule has 2 rings (SSSR count). The molecule has 1 N–H and O–H groups in total. The zero-order chi connectivity index (χ0) is 19.1. The summed E-state index contributed by atoms with van der Waals surface area (Å²) in [6.45, 7) is 6.39. The maximum atomic E-state index is 12.6. The summed E-state index contributed by atoms with van der Waals surface area (Å²) in [5.41, 5.74) is 2.12. The molecule has 0 aromatic heterocycles. The van der Waals surface area contributed by atoms with Gasteiger partial charge in [0.2, 0.25) is 0 Å². The molecule has 0 aliphatic heterocycles. The Balaban J connectivity index is 2.02. The van der Waals surface area contributed by atoms with Gasteiger partial charge in [-0.05, 0) is 47.7 Å². The van der Waals surface area contributed by atoms with E-state index in [1.165, 1.54) is 0 Å². The van der Waals surface area contributed by atoms with E-state index in [2.05, 4.69) is 12.2 Å². The topological polar surface area (TPSA) is 47.6 Å². The summed E-state index contributed by atoms with van der Waals surface area (Å²) in [6, 6.07) is 13.3. The summed E-state index contributed by atoms with van der Waals surface area (Å²) >= 11 is 6.29. The largest absolute Gasteiger partial charge is 0.497 e. The number of hydrogen-bond acceptors (Lipinski definition) is 3. The number of aryl methyl sites for hydroxylation is 1. The molecule has 0 bridgehead atoms. The predicted molar refractivity (Wildman–Crippen MR) is 105 cm³/mol. The second kappa shape index (κ2) is 9.48. The van der Waals surface area contributed by atoms with Gasteiger partial charge >= 0.3 is 0 Å². The van der Waals surface area contributed by atoms with Crippen LogP contribution in [0.3, 0.4) is 0 Å². The number of amides is 1. The molecule has 140 valence electrons. The Morgan fingerprint density at radius 2 is 1.77 bits per heavy atom. The van der Waals surface area contributed by atoms with Crippen LogP contribution in [-0.2, 0) is 17.8 Å². The lowest BCUT2D eigenvalue weighted by Crippen LogP contribution is -2.41. The number of rotatable bonds is 8. The van der Waals surface area contributed by atoms with Gasteiger partial charge < -0.3 is 14.8 Å². The van der Waals surface area contributed by atoms with Gasteiger partial charge in [0, 0.05) is 6.54 Å². The molecule has 0 fully saturated rings. The molecule has 1 amide bonds. The molecule has 4 nitrogen and oxygen atoms in total. The van der Waals surface area contributed by atoms with Crippen molar-refractivity contribution in [2.24, 2.45) is 5.92 Å². The fraction of sp³-hybridized carbons (Fsp3) is 0.381. The van der Waals surface area contributed by atoms with Crippen molar-refractivity contribution >= 4 is 17.5 Å². The lowest BCUT2D eigenvalue weighted by Gasteiger charge is -2.22. The number of halogens is 1. The molecule has 2 aromatic rings. The third kappa shape index (κ3) is 5.40. The van der Waals surface area contributed by atoms with Gasteiger partial charge in [0.1, 0.15) is 11.5 Å². The maximum Gasteiger partial charge on any atom is 0.261 e. The zero-order valence-corrected chi connectivity index (χ0v) is 16.5. The summed E-state index contributed by atoms with van der Waals surface area (Å²) in [5, 5.41) is 3.46. The molecule has 2 aromatic carbocycles. The van der Waals surface area contributed by atoms with Crippen LogP contribution in [0.1, 0.15) is 31.9 Å². The Morgan fingerprint density at radius 1 is 1.12 bits per heavy atom. The van der Waals surface area contributed by atoms with E-state index in [4.69, 9.17) is 21.1 Å². The third-order valence-electron chi connectivity index (χ3n) is 4.15. The quantitative estimate of drug-likeness (QED) is 0.731. The Bertz CT molecular complexity index is 729. The highest BCUT2D eigenvalue weighted by molar-refractivity contribution is 6.32. The molecule has 0 radical (unpaired) electrons. The van der Waals surface area contributed by atoms with Crippen LogP contribution in [0.15, 0.2) is 42.5 Å². The molecule has 0 saturated carbocycles. The van der Waals surface area contributed by atoms with Gasteiger partial charge in [0.05, 0.1) is 12.1 Å². The molecule has 0 aliphatic carbocycles. The minimum absolute atomic E-state index is 0.00721. The van der Waals surface area contributed by atoms with E-state index in [9.17, 15) is 4.79 Å². The molecule has 0 spiro atoms. The second-order valence-electron chi connectivity index (χ2n) is 6.47. The number of benzene rings is 2. The Labute approximate surface area is 160 Å². The summed E-state index contributed by atoms with van der Waals surface area (Å²) in [7, 11) is 1.62. The molecule has 1 atom stereocenters. The summed E-state index contributed by atoms with van der Waals surface area (Å²) < 4.78 is 11.1. The van der Waals surface area contributed by atoms with Crippen LogP contribution in [0.5, 0.6) is 11.5 Å². The standard InChI is InChI=1S/C21H26ClNO3/c1-5-15-8-11-19(18(22)12-15)26-20(14(2)3)21(24)23-13-16-6-9-17(25-4)10-7-16/h6-12,14,20H,5,13H2,1-4H3,(H,23,24). The Morgan fingerprint density at radius 3 is 2.31 bits per heavy atom. The van der Waals surface area contributed by atoms with E-state index in [1.54, 1.807) is 7.11 Å². The van der Waals surface area contributed by atoms with Gasteiger partial charge in [-0.2, -0.15) is 0 Å². The van der Waals surface area contributed by atoms with E-state index in [0.717, 1.165) is 23.3 Å². The number of carbonyl (C=O) groups excluding carboxylic acids is 1. The number of ether oxygens (including phenoxy) is 2. The lowest BCUT2D eigenvalue weighted by molar-refractivity contribution is -0.130. The molecule has 0 aliphatic rings. The van der Waals surface area contributed by atoms with Crippen LogP contribution in [-0.4, -0.2) is 19.1 Å². The lowest BCUT2D eigenvalue weighted by atomic mass is 10.1. The van der Waals surface area contributed by atoms with Gasteiger partial charge in [-0.3, -0.25) is 4.79 Å². The molecule has 26 heavy (non-hydrogen) atoms. The van der Waals surface area contributed by atoms with Crippen LogP contribution in [0.4, 0.5) is 0 Å². The Hall–Kier alpha value is -2.20. The van der Waals surface area contributed by atoms with Crippen molar-refractivity contribution in [1.29, 1.82) is 0 Å². The van der Waals surface area contributed by atoms with E-state index in [-0.39, 0.29) is 11.8 Å². The van der Waals surface area contributed by atoms with Crippen LogP contribution in [0.25, 0.3) is 0 Å². The number of nitrogens with one attached hydrogen (secondary N) is 1. The predicted octanol–water partition coefficient (Wildman–Crippen LogP) is 4.63. The van der Waals surface area contributed by atoms with E-state index >= 15 is 0 Å². The first-order chi connectivity index (χ1) is 12.4. The monoisotopic (exact) mass is 375 g/mol. The minimum atomic E-state index is -0.613. The van der Waals surface area contributed by atoms with Crippen LogP contribution >= 0.6 is 11.6 Å². The number of methoxy groups -OCH3 is 1. The highest BCUT2D eigenvalue weighted by atomic mass is 35.5. The van der Waals surface area contributed by atoms with Crippen LogP contribution in [0, 0.1) is 5.92 Å². The first kappa shape index (κ1) is 20.1. The second-order valence-corrected chi connectivity index (χ2v) is 6.87. The summed E-state index contributed by atoms with van der Waals surface area (Å²) in [6.07, 6.45) is 0.286. The molecule has 5 heteroatoms. The zero-order valence-electron chi connectivity index (χ0n) is 15.7. The fourth-order valence-corrected chi connectivity index (χ4v) is 2.77. The Kier molecular flexibility index (Phi) is 7.34. The van der Waals surface area contributed by atoms with Gasteiger partial charge in [-0.15, -0.1) is 0 Å². The highest BCUT2D eigenvalue weighted by Crippen LogP contribution is 2.28. The van der Waals surface area contributed by atoms with Crippen molar-refractivity contribution < 1.29 is 14.3 Å². The first-order valence-electron chi connectivity index (χ1n) is 8.80.